The number of ether oxygens (including phenoxy) is 1. The zero-order valence-corrected chi connectivity index (χ0v) is 11.6. The second-order valence-corrected chi connectivity index (χ2v) is 4.54. The van der Waals surface area contributed by atoms with Crippen LogP contribution in [0.5, 0.6) is 0 Å². The van der Waals surface area contributed by atoms with Crippen LogP contribution >= 0.6 is 15.9 Å². The maximum absolute atomic E-state index is 11.5. The van der Waals surface area contributed by atoms with Gasteiger partial charge < -0.3 is 4.74 Å². The van der Waals surface area contributed by atoms with Gasteiger partial charge in [-0.3, -0.25) is 0 Å². The van der Waals surface area contributed by atoms with E-state index in [1.54, 1.807) is 0 Å². The predicted molar refractivity (Wildman–Crippen MR) is 71.2 cm³/mol. The number of rotatable bonds is 2. The van der Waals surface area contributed by atoms with Gasteiger partial charge in [0.05, 0.1) is 12.8 Å². The summed E-state index contributed by atoms with van der Waals surface area (Å²) in [5.41, 5.74) is 2.32. The van der Waals surface area contributed by atoms with E-state index in [1.165, 1.54) is 7.11 Å². The topological polar surface area (TPSA) is 52.1 Å². The fourth-order valence-electron chi connectivity index (χ4n) is 1.56. The van der Waals surface area contributed by atoms with Gasteiger partial charge in [0.25, 0.3) is 0 Å². The normalized spacial score (nSPS) is 10.2. The second kappa shape index (κ2) is 5.27. The Bertz CT molecular complexity index is 599. The third kappa shape index (κ3) is 2.56. The lowest BCUT2D eigenvalue weighted by molar-refractivity contribution is 0.0586. The average molecular weight is 307 g/mol. The van der Waals surface area contributed by atoms with Crippen molar-refractivity contribution in [3.63, 3.8) is 0 Å². The molecule has 92 valence electrons. The molecule has 0 amide bonds. The van der Waals surface area contributed by atoms with Crippen LogP contribution in [0.4, 0.5) is 0 Å². The van der Waals surface area contributed by atoms with Gasteiger partial charge in [-0.2, -0.15) is 0 Å². The Balaban J connectivity index is 2.55. The minimum absolute atomic E-state index is 0.0725. The number of aromatic nitrogens is 2. The third-order valence-corrected chi connectivity index (χ3v) is 3.06. The van der Waals surface area contributed by atoms with Crippen molar-refractivity contribution in [3.8, 4) is 11.3 Å². The van der Waals surface area contributed by atoms with Crippen LogP contribution < -0.4 is 0 Å². The molecule has 0 bridgehead atoms. The maximum atomic E-state index is 11.5. The van der Waals surface area contributed by atoms with Crippen molar-refractivity contribution in [2.45, 2.75) is 6.92 Å². The molecule has 0 N–H and O–H groups in total. The van der Waals surface area contributed by atoms with Crippen molar-refractivity contribution >= 4 is 21.9 Å². The Labute approximate surface area is 113 Å². The van der Waals surface area contributed by atoms with Crippen LogP contribution in [0.2, 0.25) is 0 Å². The molecule has 0 saturated heterocycles. The van der Waals surface area contributed by atoms with Crippen LogP contribution in [0.1, 0.15) is 16.3 Å². The van der Waals surface area contributed by atoms with Crippen molar-refractivity contribution in [2.75, 3.05) is 7.11 Å². The van der Waals surface area contributed by atoms with Crippen molar-refractivity contribution in [1.82, 2.24) is 9.97 Å². The van der Waals surface area contributed by atoms with E-state index < -0.39 is 5.97 Å². The number of carbonyl (C=O) groups is 1. The molecular formula is C13H11BrN2O2. The standard InChI is InChI=1S/C13H11BrN2O2/c1-8-7-11(9-5-3-4-6-10(9)14)16-12(15-8)13(17)18-2/h3-7H,1-2H3. The zero-order valence-electron chi connectivity index (χ0n) is 9.98. The molecule has 0 fully saturated rings. The van der Waals surface area contributed by atoms with Gasteiger partial charge >= 0.3 is 5.97 Å². The molecule has 18 heavy (non-hydrogen) atoms. The zero-order chi connectivity index (χ0) is 13.1. The molecule has 0 atom stereocenters. The number of halogens is 1. The Hall–Kier alpha value is -1.75. The molecule has 0 aliphatic rings. The van der Waals surface area contributed by atoms with Crippen LogP contribution in [0.25, 0.3) is 11.3 Å². The van der Waals surface area contributed by atoms with Gasteiger partial charge in [-0.1, -0.05) is 34.1 Å². The SMILES string of the molecule is COC(=O)c1nc(C)cc(-c2ccccc2Br)n1. The van der Waals surface area contributed by atoms with E-state index >= 15 is 0 Å². The van der Waals surface area contributed by atoms with Gasteiger partial charge in [0, 0.05) is 15.7 Å². The van der Waals surface area contributed by atoms with Gasteiger partial charge in [-0.05, 0) is 19.1 Å². The molecule has 0 spiro atoms. The summed E-state index contributed by atoms with van der Waals surface area (Å²) in [7, 11) is 1.31. The minimum atomic E-state index is -0.535. The summed E-state index contributed by atoms with van der Waals surface area (Å²) in [6, 6.07) is 9.50. The summed E-state index contributed by atoms with van der Waals surface area (Å²) >= 11 is 3.46. The molecule has 0 unspecified atom stereocenters. The van der Waals surface area contributed by atoms with Crippen LogP contribution in [0, 0.1) is 6.92 Å². The van der Waals surface area contributed by atoms with Gasteiger partial charge in [0.15, 0.2) is 0 Å². The molecule has 0 saturated carbocycles. The van der Waals surface area contributed by atoms with Crippen molar-refractivity contribution in [1.29, 1.82) is 0 Å². The second-order valence-electron chi connectivity index (χ2n) is 3.69. The molecule has 2 aromatic rings. The average Bonchev–Trinajstić information content (AvgIpc) is 2.37. The summed E-state index contributed by atoms with van der Waals surface area (Å²) in [6.07, 6.45) is 0. The first-order valence-electron chi connectivity index (χ1n) is 5.30. The molecule has 1 heterocycles. The minimum Gasteiger partial charge on any atom is -0.463 e. The van der Waals surface area contributed by atoms with E-state index in [-0.39, 0.29) is 5.82 Å². The lowest BCUT2D eigenvalue weighted by atomic mass is 10.1. The van der Waals surface area contributed by atoms with Crippen molar-refractivity contribution in [2.24, 2.45) is 0 Å². The van der Waals surface area contributed by atoms with Crippen molar-refractivity contribution < 1.29 is 9.53 Å². The quantitative estimate of drug-likeness (QED) is 0.800. The Morgan fingerprint density at radius 3 is 2.67 bits per heavy atom. The van der Waals surface area contributed by atoms with E-state index in [2.05, 4.69) is 30.6 Å². The van der Waals surface area contributed by atoms with E-state index in [1.807, 2.05) is 37.3 Å². The largest absolute Gasteiger partial charge is 0.463 e. The first-order valence-corrected chi connectivity index (χ1v) is 6.10. The van der Waals surface area contributed by atoms with Crippen LogP contribution in [-0.2, 0) is 4.74 Å². The summed E-state index contributed by atoms with van der Waals surface area (Å²) in [5.74, 6) is -0.463. The van der Waals surface area contributed by atoms with Gasteiger partial charge in [-0.15, -0.1) is 0 Å². The fraction of sp³-hybridized carbons (Fsp3) is 0.154. The van der Waals surface area contributed by atoms with Gasteiger partial charge in [-0.25, -0.2) is 14.8 Å². The van der Waals surface area contributed by atoms with E-state index in [9.17, 15) is 4.79 Å². The van der Waals surface area contributed by atoms with E-state index in [0.717, 1.165) is 15.7 Å². The highest BCUT2D eigenvalue weighted by atomic mass is 79.9. The lowest BCUT2D eigenvalue weighted by Gasteiger charge is -2.06. The Morgan fingerprint density at radius 1 is 1.28 bits per heavy atom. The molecule has 4 nitrogen and oxygen atoms in total. The monoisotopic (exact) mass is 306 g/mol. The van der Waals surface area contributed by atoms with Crippen LogP contribution in [0.15, 0.2) is 34.8 Å². The Kier molecular flexibility index (Phi) is 3.72. The lowest BCUT2D eigenvalue weighted by Crippen LogP contribution is -2.09. The summed E-state index contributed by atoms with van der Waals surface area (Å²) < 4.78 is 5.55. The molecule has 0 aliphatic carbocycles. The van der Waals surface area contributed by atoms with Gasteiger partial charge in [0.1, 0.15) is 0 Å². The number of esters is 1. The summed E-state index contributed by atoms with van der Waals surface area (Å²) in [4.78, 5) is 19.8. The van der Waals surface area contributed by atoms with Gasteiger partial charge in [0.2, 0.25) is 5.82 Å². The first-order chi connectivity index (χ1) is 8.61. The molecule has 1 aromatic carbocycles. The molecule has 0 aliphatic heterocycles. The fourth-order valence-corrected chi connectivity index (χ4v) is 2.05. The number of hydrogen-bond acceptors (Lipinski definition) is 4. The molecule has 0 radical (unpaired) electrons. The third-order valence-electron chi connectivity index (χ3n) is 2.37. The highest BCUT2D eigenvalue weighted by Gasteiger charge is 2.13. The Morgan fingerprint density at radius 2 is 2.00 bits per heavy atom. The predicted octanol–water partition coefficient (Wildman–Crippen LogP) is 3.00. The first kappa shape index (κ1) is 12.7. The van der Waals surface area contributed by atoms with Crippen LogP contribution in [-0.4, -0.2) is 23.0 Å². The highest BCUT2D eigenvalue weighted by molar-refractivity contribution is 9.10. The molecule has 1 aromatic heterocycles. The van der Waals surface area contributed by atoms with E-state index in [4.69, 9.17) is 0 Å². The van der Waals surface area contributed by atoms with E-state index in [0.29, 0.717) is 5.69 Å². The number of benzene rings is 1. The molecule has 2 rings (SSSR count). The number of hydrogen-bond donors (Lipinski definition) is 0. The molecule has 5 heteroatoms. The summed E-state index contributed by atoms with van der Waals surface area (Å²) in [5, 5.41) is 0. The maximum Gasteiger partial charge on any atom is 0.376 e. The number of methoxy groups -OCH3 is 1. The highest BCUT2D eigenvalue weighted by Crippen LogP contribution is 2.26. The van der Waals surface area contributed by atoms with Crippen molar-refractivity contribution in [3.05, 3.63) is 46.3 Å². The summed E-state index contributed by atoms with van der Waals surface area (Å²) in [6.45, 7) is 1.81. The number of aryl methyl sites for hydroxylation is 1. The molecular weight excluding hydrogens is 296 g/mol. The number of nitrogens with zero attached hydrogens (tertiary/aromatic N) is 2. The number of carbonyl (C=O) groups excluding carboxylic acids is 1. The smallest absolute Gasteiger partial charge is 0.376 e. The van der Waals surface area contributed by atoms with Crippen LogP contribution in [0.3, 0.4) is 0 Å².